The summed E-state index contributed by atoms with van der Waals surface area (Å²) in [5.74, 6) is -2.74. The van der Waals surface area contributed by atoms with Gasteiger partial charge in [-0.25, -0.2) is 8.78 Å². The number of anilines is 1. The number of methoxy groups -OCH3 is 1. The number of halogens is 2. The molecule has 0 aliphatic carbocycles. The van der Waals surface area contributed by atoms with E-state index >= 15 is 0 Å². The molecule has 1 aromatic rings. The van der Waals surface area contributed by atoms with Crippen molar-refractivity contribution in [2.24, 2.45) is 0 Å². The molecule has 1 aromatic carbocycles. The second-order valence-electron chi connectivity index (χ2n) is 3.84. The maximum absolute atomic E-state index is 13.2. The molecule has 0 bridgehead atoms. The molecule has 1 N–H and O–H groups in total. The van der Waals surface area contributed by atoms with Gasteiger partial charge in [-0.1, -0.05) is 6.07 Å². The van der Waals surface area contributed by atoms with Crippen LogP contribution in [-0.2, 0) is 0 Å². The predicted molar refractivity (Wildman–Crippen MR) is 54.8 cm³/mol. The van der Waals surface area contributed by atoms with Crippen molar-refractivity contribution in [2.75, 3.05) is 19.0 Å². The third-order valence-corrected chi connectivity index (χ3v) is 2.74. The van der Waals surface area contributed by atoms with Gasteiger partial charge < -0.3 is 10.1 Å². The van der Waals surface area contributed by atoms with Crippen LogP contribution in [0.2, 0.25) is 0 Å². The maximum Gasteiger partial charge on any atom is 0.253 e. The molecule has 2 nitrogen and oxygen atoms in total. The van der Waals surface area contributed by atoms with Gasteiger partial charge in [0.1, 0.15) is 5.75 Å². The minimum Gasteiger partial charge on any atom is -0.497 e. The smallest absolute Gasteiger partial charge is 0.253 e. The highest BCUT2D eigenvalue weighted by atomic mass is 19.3. The van der Waals surface area contributed by atoms with E-state index in [1.165, 1.54) is 0 Å². The van der Waals surface area contributed by atoms with E-state index in [0.29, 0.717) is 11.3 Å². The molecule has 0 radical (unpaired) electrons. The highest BCUT2D eigenvalue weighted by Crippen LogP contribution is 2.42. The van der Waals surface area contributed by atoms with Crippen LogP contribution >= 0.6 is 0 Å². The third kappa shape index (κ3) is 1.76. The molecule has 1 atom stereocenters. The fraction of sp³-hybridized carbons (Fsp3) is 0.455. The second kappa shape index (κ2) is 3.36. The fourth-order valence-electron chi connectivity index (χ4n) is 1.89. The Morgan fingerprint density at radius 3 is 2.80 bits per heavy atom. The Morgan fingerprint density at radius 2 is 2.20 bits per heavy atom. The Hall–Kier alpha value is -1.32. The molecule has 1 aliphatic heterocycles. The van der Waals surface area contributed by atoms with Crippen LogP contribution in [0.15, 0.2) is 18.2 Å². The van der Waals surface area contributed by atoms with Gasteiger partial charge >= 0.3 is 0 Å². The van der Waals surface area contributed by atoms with Crippen molar-refractivity contribution in [3.63, 3.8) is 0 Å². The molecule has 1 aliphatic rings. The van der Waals surface area contributed by atoms with Gasteiger partial charge in [0.05, 0.1) is 13.0 Å². The van der Waals surface area contributed by atoms with Crippen LogP contribution in [0, 0.1) is 0 Å². The molecule has 1 heterocycles. The van der Waals surface area contributed by atoms with E-state index in [1.807, 2.05) is 0 Å². The van der Waals surface area contributed by atoms with Gasteiger partial charge in [0.2, 0.25) is 0 Å². The maximum atomic E-state index is 13.2. The Bertz CT molecular complexity index is 373. The Balaban J connectivity index is 2.36. The molecular formula is C11H13F2NO. The van der Waals surface area contributed by atoms with Crippen molar-refractivity contribution in [3.05, 3.63) is 23.8 Å². The van der Waals surface area contributed by atoms with Gasteiger partial charge in [0, 0.05) is 25.2 Å². The summed E-state index contributed by atoms with van der Waals surface area (Å²) in [6.07, 6.45) is 0. The minimum absolute atomic E-state index is 0.284. The molecule has 1 unspecified atom stereocenters. The van der Waals surface area contributed by atoms with Crippen LogP contribution in [0.3, 0.4) is 0 Å². The minimum atomic E-state index is -2.69. The number of benzene rings is 1. The van der Waals surface area contributed by atoms with Crippen molar-refractivity contribution in [1.29, 1.82) is 0 Å². The summed E-state index contributed by atoms with van der Waals surface area (Å²) < 4.78 is 31.5. The number of nitrogens with one attached hydrogen (secondary N) is 1. The topological polar surface area (TPSA) is 21.3 Å². The molecule has 0 spiro atoms. The number of hydrogen-bond acceptors (Lipinski definition) is 2. The SMILES string of the molecule is COc1ccc2c(c1)NCC2C(C)(F)F. The average molecular weight is 213 g/mol. The number of hydrogen-bond donors (Lipinski definition) is 1. The van der Waals surface area contributed by atoms with Crippen LogP contribution in [0.4, 0.5) is 14.5 Å². The molecule has 4 heteroatoms. The second-order valence-corrected chi connectivity index (χ2v) is 3.84. The standard InChI is InChI=1S/C11H13F2NO/c1-11(12,13)9-6-14-10-5-7(15-2)3-4-8(9)10/h3-5,9,14H,6H2,1-2H3. The van der Waals surface area contributed by atoms with Gasteiger partial charge in [-0.05, 0) is 11.6 Å². The normalized spacial score (nSPS) is 19.6. The highest BCUT2D eigenvalue weighted by molar-refractivity contribution is 5.61. The first kappa shape index (κ1) is 10.2. The van der Waals surface area contributed by atoms with Crippen molar-refractivity contribution in [3.8, 4) is 5.75 Å². The molecule has 15 heavy (non-hydrogen) atoms. The monoisotopic (exact) mass is 213 g/mol. The summed E-state index contributed by atoms with van der Waals surface area (Å²) >= 11 is 0. The Labute approximate surface area is 87.2 Å². The van der Waals surface area contributed by atoms with E-state index < -0.39 is 11.8 Å². The van der Waals surface area contributed by atoms with Gasteiger partial charge in [0.15, 0.2) is 0 Å². The summed E-state index contributed by atoms with van der Waals surface area (Å²) in [5, 5.41) is 2.97. The summed E-state index contributed by atoms with van der Waals surface area (Å²) in [7, 11) is 1.56. The zero-order chi connectivity index (χ0) is 11.1. The van der Waals surface area contributed by atoms with Crippen LogP contribution in [0.1, 0.15) is 18.4 Å². The predicted octanol–water partition coefficient (Wildman–Crippen LogP) is 2.86. The highest BCUT2D eigenvalue weighted by Gasteiger charge is 2.39. The largest absolute Gasteiger partial charge is 0.497 e. The number of rotatable bonds is 2. The van der Waals surface area contributed by atoms with E-state index in [0.717, 1.165) is 12.6 Å². The lowest BCUT2D eigenvalue weighted by Crippen LogP contribution is -2.23. The molecule has 0 amide bonds. The van der Waals surface area contributed by atoms with Crippen LogP contribution in [-0.4, -0.2) is 19.6 Å². The molecule has 0 fully saturated rings. The van der Waals surface area contributed by atoms with Crippen molar-refractivity contribution in [1.82, 2.24) is 0 Å². The summed E-state index contributed by atoms with van der Waals surface area (Å²) in [6.45, 7) is 1.24. The van der Waals surface area contributed by atoms with Crippen molar-refractivity contribution < 1.29 is 13.5 Å². The first-order chi connectivity index (χ1) is 7.02. The van der Waals surface area contributed by atoms with Gasteiger partial charge in [-0.3, -0.25) is 0 Å². The molecule has 0 saturated carbocycles. The van der Waals surface area contributed by atoms with E-state index in [1.54, 1.807) is 25.3 Å². The Kier molecular flexibility index (Phi) is 2.29. The first-order valence-electron chi connectivity index (χ1n) is 4.82. The quantitative estimate of drug-likeness (QED) is 0.815. The summed E-state index contributed by atoms with van der Waals surface area (Å²) in [6, 6.07) is 5.17. The molecule has 0 aromatic heterocycles. The molecule has 0 saturated heterocycles. The van der Waals surface area contributed by atoms with Crippen LogP contribution in [0.25, 0.3) is 0 Å². The van der Waals surface area contributed by atoms with Crippen LogP contribution < -0.4 is 10.1 Å². The molecule has 2 rings (SSSR count). The average Bonchev–Trinajstić information content (AvgIpc) is 2.59. The van der Waals surface area contributed by atoms with E-state index in [4.69, 9.17) is 4.74 Å². The first-order valence-corrected chi connectivity index (χ1v) is 4.82. The number of fused-ring (bicyclic) bond motifs is 1. The summed E-state index contributed by atoms with van der Waals surface area (Å²) in [4.78, 5) is 0. The zero-order valence-corrected chi connectivity index (χ0v) is 8.68. The lowest BCUT2D eigenvalue weighted by atomic mass is 9.95. The summed E-state index contributed by atoms with van der Waals surface area (Å²) in [5.41, 5.74) is 1.42. The Morgan fingerprint density at radius 1 is 1.47 bits per heavy atom. The fourth-order valence-corrected chi connectivity index (χ4v) is 1.89. The zero-order valence-electron chi connectivity index (χ0n) is 8.68. The lowest BCUT2D eigenvalue weighted by Gasteiger charge is -2.18. The number of ether oxygens (including phenoxy) is 1. The van der Waals surface area contributed by atoms with Gasteiger partial charge in [-0.2, -0.15) is 0 Å². The van der Waals surface area contributed by atoms with Gasteiger partial charge in [-0.15, -0.1) is 0 Å². The molecular weight excluding hydrogens is 200 g/mol. The lowest BCUT2D eigenvalue weighted by molar-refractivity contribution is -0.00185. The molecule has 82 valence electrons. The van der Waals surface area contributed by atoms with Gasteiger partial charge in [0.25, 0.3) is 5.92 Å². The number of alkyl halides is 2. The van der Waals surface area contributed by atoms with E-state index in [9.17, 15) is 8.78 Å². The van der Waals surface area contributed by atoms with Crippen molar-refractivity contribution in [2.45, 2.75) is 18.8 Å². The van der Waals surface area contributed by atoms with E-state index in [-0.39, 0.29) is 6.54 Å². The van der Waals surface area contributed by atoms with Crippen molar-refractivity contribution >= 4 is 5.69 Å². The third-order valence-electron chi connectivity index (χ3n) is 2.74. The van der Waals surface area contributed by atoms with E-state index in [2.05, 4.69) is 5.32 Å². The van der Waals surface area contributed by atoms with Crippen LogP contribution in [0.5, 0.6) is 5.75 Å².